The highest BCUT2D eigenvalue weighted by Crippen LogP contribution is 2.20. The fourth-order valence-electron chi connectivity index (χ4n) is 2.81. The molecule has 1 heterocycles. The lowest BCUT2D eigenvalue weighted by Gasteiger charge is -2.29. The normalized spacial score (nSPS) is 14.1. The molecular weight excluding hydrogens is 302 g/mol. The smallest absolute Gasteiger partial charge is 0.337 e. The van der Waals surface area contributed by atoms with E-state index in [9.17, 15) is 9.90 Å². The van der Waals surface area contributed by atoms with Gasteiger partial charge in [0.15, 0.2) is 0 Å². The van der Waals surface area contributed by atoms with Gasteiger partial charge >= 0.3 is 5.97 Å². The second kappa shape index (κ2) is 9.96. The number of piperazine rings is 1. The number of carboxylic acids is 1. The van der Waals surface area contributed by atoms with Crippen LogP contribution in [0.25, 0.3) is 0 Å². The Morgan fingerprint density at radius 3 is 2.67 bits per heavy atom. The van der Waals surface area contributed by atoms with Crippen molar-refractivity contribution in [2.75, 3.05) is 37.6 Å². The first-order chi connectivity index (χ1) is 11.7. The number of rotatable bonds is 7. The zero-order valence-corrected chi connectivity index (χ0v) is 14.2. The molecule has 0 unspecified atom stereocenters. The lowest BCUT2D eigenvalue weighted by molar-refractivity contribution is 0.0696. The molecule has 4 N–H and O–H groups in total. The van der Waals surface area contributed by atoms with E-state index in [0.29, 0.717) is 11.1 Å². The van der Waals surface area contributed by atoms with Crippen LogP contribution in [0.5, 0.6) is 0 Å². The first kappa shape index (κ1) is 18.3. The number of unbranched alkanes of at least 4 members (excludes halogenated alkanes) is 4. The van der Waals surface area contributed by atoms with Crippen LogP contribution in [0.1, 0.15) is 48.0 Å². The van der Waals surface area contributed by atoms with Gasteiger partial charge in [0.25, 0.3) is 0 Å². The minimum absolute atomic E-state index is 0.293. The van der Waals surface area contributed by atoms with Gasteiger partial charge in [-0.05, 0) is 37.6 Å². The maximum Gasteiger partial charge on any atom is 0.337 e. The van der Waals surface area contributed by atoms with Gasteiger partial charge in [0.2, 0.25) is 0 Å². The number of nitrogens with zero attached hydrogens (tertiary/aromatic N) is 1. The molecule has 0 spiro atoms. The second-order valence-electron chi connectivity index (χ2n) is 6.03. The molecule has 1 aliphatic heterocycles. The van der Waals surface area contributed by atoms with Crippen molar-refractivity contribution in [2.45, 2.75) is 32.1 Å². The number of benzene rings is 1. The fourth-order valence-corrected chi connectivity index (χ4v) is 2.81. The number of hydrogen-bond acceptors (Lipinski definition) is 4. The molecule has 2 rings (SSSR count). The Hall–Kier alpha value is -2.03. The van der Waals surface area contributed by atoms with Crippen LogP contribution in [0.2, 0.25) is 0 Å². The summed E-state index contributed by atoms with van der Waals surface area (Å²) in [4.78, 5) is 13.8. The maximum atomic E-state index is 11.6. The number of aromatic carboxylic acids is 1. The summed E-state index contributed by atoms with van der Waals surface area (Å²) in [7, 11) is 0. The van der Waals surface area contributed by atoms with E-state index in [1.165, 1.54) is 0 Å². The van der Waals surface area contributed by atoms with Crippen LogP contribution in [-0.4, -0.2) is 43.8 Å². The highest BCUT2D eigenvalue weighted by atomic mass is 16.4. The standard InChI is InChI=1S/C19H27N3O2/c20-10-6-4-2-1-3-5-7-16-8-9-17(15-18(16)19(23)24)22-13-11-21-12-14-22/h8-9,15,21H,1-4,6,10-14,20H2,(H,23,24). The summed E-state index contributed by atoms with van der Waals surface area (Å²) in [6, 6.07) is 5.56. The summed E-state index contributed by atoms with van der Waals surface area (Å²) in [5.41, 5.74) is 7.32. The summed E-state index contributed by atoms with van der Waals surface area (Å²) in [6.45, 7) is 4.38. The van der Waals surface area contributed by atoms with Crippen LogP contribution in [0.4, 0.5) is 5.69 Å². The summed E-state index contributed by atoms with van der Waals surface area (Å²) in [5, 5.41) is 12.8. The van der Waals surface area contributed by atoms with Crippen molar-refractivity contribution in [3.05, 3.63) is 29.3 Å². The number of carbonyl (C=O) groups is 1. The minimum atomic E-state index is -0.917. The lowest BCUT2D eigenvalue weighted by atomic mass is 10.1. The molecule has 1 fully saturated rings. The molecule has 1 aromatic rings. The van der Waals surface area contributed by atoms with Crippen molar-refractivity contribution in [1.29, 1.82) is 0 Å². The van der Waals surface area contributed by atoms with E-state index in [0.717, 1.165) is 70.5 Å². The molecule has 5 nitrogen and oxygen atoms in total. The Morgan fingerprint density at radius 1 is 1.21 bits per heavy atom. The summed E-state index contributed by atoms with van der Waals surface area (Å²) < 4.78 is 0. The van der Waals surface area contributed by atoms with E-state index in [-0.39, 0.29) is 0 Å². The van der Waals surface area contributed by atoms with Crippen molar-refractivity contribution in [3.63, 3.8) is 0 Å². The number of nitrogens with one attached hydrogen (secondary N) is 1. The van der Waals surface area contributed by atoms with Crippen molar-refractivity contribution in [2.24, 2.45) is 5.73 Å². The maximum absolute atomic E-state index is 11.6. The fraction of sp³-hybridized carbons (Fsp3) is 0.526. The van der Waals surface area contributed by atoms with Crippen molar-refractivity contribution >= 4 is 11.7 Å². The van der Waals surface area contributed by atoms with Gasteiger partial charge < -0.3 is 21.1 Å². The van der Waals surface area contributed by atoms with E-state index < -0.39 is 5.97 Å². The van der Waals surface area contributed by atoms with E-state index in [2.05, 4.69) is 22.1 Å². The zero-order valence-electron chi connectivity index (χ0n) is 14.2. The van der Waals surface area contributed by atoms with E-state index in [1.54, 1.807) is 6.07 Å². The van der Waals surface area contributed by atoms with Gasteiger partial charge in [0, 0.05) is 43.9 Å². The first-order valence-electron chi connectivity index (χ1n) is 8.74. The van der Waals surface area contributed by atoms with Crippen LogP contribution in [0, 0.1) is 11.8 Å². The van der Waals surface area contributed by atoms with Crippen LogP contribution >= 0.6 is 0 Å². The molecule has 0 aromatic heterocycles. The van der Waals surface area contributed by atoms with Crippen LogP contribution in [-0.2, 0) is 0 Å². The van der Waals surface area contributed by atoms with Gasteiger partial charge in [-0.2, -0.15) is 0 Å². The summed E-state index contributed by atoms with van der Waals surface area (Å²) in [5.74, 6) is 5.22. The van der Waals surface area contributed by atoms with E-state index in [1.807, 2.05) is 12.1 Å². The zero-order chi connectivity index (χ0) is 17.2. The summed E-state index contributed by atoms with van der Waals surface area (Å²) in [6.07, 6.45) is 5.15. The largest absolute Gasteiger partial charge is 0.478 e. The SMILES string of the molecule is NCCCCCCC#Cc1ccc(N2CCNCC2)cc1C(=O)O. The molecule has 1 aromatic carbocycles. The predicted octanol–water partition coefficient (Wildman–Crippen LogP) is 2.06. The van der Waals surface area contributed by atoms with Gasteiger partial charge in [-0.1, -0.05) is 24.7 Å². The molecule has 5 heteroatoms. The molecule has 0 atom stereocenters. The molecule has 24 heavy (non-hydrogen) atoms. The average molecular weight is 329 g/mol. The van der Waals surface area contributed by atoms with Gasteiger partial charge in [-0.3, -0.25) is 0 Å². The molecular formula is C19H27N3O2. The van der Waals surface area contributed by atoms with Gasteiger partial charge in [-0.15, -0.1) is 0 Å². The lowest BCUT2D eigenvalue weighted by Crippen LogP contribution is -2.43. The average Bonchev–Trinajstić information content (AvgIpc) is 2.61. The molecule has 130 valence electrons. The Bertz CT molecular complexity index is 598. The first-order valence-corrected chi connectivity index (χ1v) is 8.74. The Balaban J connectivity index is 2.00. The van der Waals surface area contributed by atoms with Crippen molar-refractivity contribution < 1.29 is 9.90 Å². The van der Waals surface area contributed by atoms with Crippen LogP contribution < -0.4 is 16.0 Å². The Morgan fingerprint density at radius 2 is 1.96 bits per heavy atom. The topological polar surface area (TPSA) is 78.6 Å². The highest BCUT2D eigenvalue weighted by molar-refractivity contribution is 5.92. The van der Waals surface area contributed by atoms with Crippen molar-refractivity contribution in [1.82, 2.24) is 5.32 Å². The van der Waals surface area contributed by atoms with Crippen LogP contribution in [0.15, 0.2) is 18.2 Å². The molecule has 0 bridgehead atoms. The Labute approximate surface area is 144 Å². The van der Waals surface area contributed by atoms with Crippen molar-refractivity contribution in [3.8, 4) is 11.8 Å². The quantitative estimate of drug-likeness (QED) is 0.527. The molecule has 0 radical (unpaired) electrons. The van der Waals surface area contributed by atoms with E-state index >= 15 is 0 Å². The third-order valence-electron chi connectivity index (χ3n) is 4.19. The number of carboxylic acid groups (broad SMARTS) is 1. The Kier molecular flexibility index (Phi) is 7.60. The molecule has 0 aliphatic carbocycles. The van der Waals surface area contributed by atoms with E-state index in [4.69, 9.17) is 5.73 Å². The number of nitrogens with two attached hydrogens (primary N) is 1. The summed E-state index contributed by atoms with van der Waals surface area (Å²) >= 11 is 0. The minimum Gasteiger partial charge on any atom is -0.478 e. The van der Waals surface area contributed by atoms with Gasteiger partial charge in [-0.25, -0.2) is 4.79 Å². The number of anilines is 1. The van der Waals surface area contributed by atoms with Gasteiger partial charge in [0.1, 0.15) is 0 Å². The molecule has 1 aliphatic rings. The third kappa shape index (κ3) is 5.55. The third-order valence-corrected chi connectivity index (χ3v) is 4.19. The van der Waals surface area contributed by atoms with Gasteiger partial charge in [0.05, 0.1) is 5.56 Å². The molecule has 0 saturated carbocycles. The predicted molar refractivity (Wildman–Crippen MR) is 97.5 cm³/mol. The highest BCUT2D eigenvalue weighted by Gasteiger charge is 2.15. The van der Waals surface area contributed by atoms with Crippen LogP contribution in [0.3, 0.4) is 0 Å². The molecule has 1 saturated heterocycles. The monoisotopic (exact) mass is 329 g/mol. The second-order valence-corrected chi connectivity index (χ2v) is 6.03. The number of hydrogen-bond donors (Lipinski definition) is 3. The molecule has 0 amide bonds.